The largest absolute Gasteiger partial charge is 0.495 e. The van der Waals surface area contributed by atoms with Crippen LogP contribution in [0.25, 0.3) is 0 Å². The third-order valence-corrected chi connectivity index (χ3v) is 5.32. The highest BCUT2D eigenvalue weighted by Gasteiger charge is 2.32. The molecule has 0 bridgehead atoms. The molecule has 7 heteroatoms. The molecule has 110 valence electrons. The topological polar surface area (TPSA) is 83.9 Å². The van der Waals surface area contributed by atoms with Crippen LogP contribution in [0.2, 0.25) is 0 Å². The number of methoxy groups -OCH3 is 1. The molecule has 0 spiro atoms. The molecule has 1 N–H and O–H groups in total. The summed E-state index contributed by atoms with van der Waals surface area (Å²) < 4.78 is 31.5. The molecule has 0 saturated carbocycles. The van der Waals surface area contributed by atoms with Crippen LogP contribution in [-0.4, -0.2) is 44.0 Å². The smallest absolute Gasteiger partial charge is 0.335 e. The lowest BCUT2D eigenvalue weighted by Gasteiger charge is -2.18. The van der Waals surface area contributed by atoms with Gasteiger partial charge in [-0.3, -0.25) is 0 Å². The molecule has 1 atom stereocenters. The summed E-state index contributed by atoms with van der Waals surface area (Å²) in [6, 6.07) is 3.80. The van der Waals surface area contributed by atoms with Gasteiger partial charge < -0.3 is 9.84 Å². The van der Waals surface area contributed by atoms with Gasteiger partial charge in [-0.2, -0.15) is 4.31 Å². The lowest BCUT2D eigenvalue weighted by atomic mass is 10.2. The van der Waals surface area contributed by atoms with Crippen LogP contribution in [0.5, 0.6) is 5.75 Å². The second-order valence-electron chi connectivity index (χ2n) is 4.93. The van der Waals surface area contributed by atoms with E-state index in [0.29, 0.717) is 19.0 Å². The summed E-state index contributed by atoms with van der Waals surface area (Å²) in [4.78, 5) is 10.9. The first-order chi connectivity index (χ1) is 9.36. The van der Waals surface area contributed by atoms with E-state index >= 15 is 0 Å². The van der Waals surface area contributed by atoms with Crippen LogP contribution in [0.3, 0.4) is 0 Å². The van der Waals surface area contributed by atoms with Crippen molar-refractivity contribution in [3.05, 3.63) is 23.8 Å². The monoisotopic (exact) mass is 299 g/mol. The van der Waals surface area contributed by atoms with E-state index in [-0.39, 0.29) is 16.2 Å². The van der Waals surface area contributed by atoms with Gasteiger partial charge in [-0.25, -0.2) is 13.2 Å². The van der Waals surface area contributed by atoms with E-state index in [1.807, 2.05) is 6.92 Å². The maximum absolute atomic E-state index is 12.5. The zero-order valence-electron chi connectivity index (χ0n) is 11.4. The highest BCUT2D eigenvalue weighted by atomic mass is 32.2. The number of ether oxygens (including phenoxy) is 1. The van der Waals surface area contributed by atoms with Crippen molar-refractivity contribution in [3.8, 4) is 5.75 Å². The summed E-state index contributed by atoms with van der Waals surface area (Å²) >= 11 is 0. The van der Waals surface area contributed by atoms with Crippen molar-refractivity contribution in [2.45, 2.75) is 18.2 Å². The van der Waals surface area contributed by atoms with Gasteiger partial charge in [0, 0.05) is 13.1 Å². The number of hydrogen-bond acceptors (Lipinski definition) is 4. The van der Waals surface area contributed by atoms with E-state index in [1.54, 1.807) is 0 Å². The Morgan fingerprint density at radius 2 is 2.15 bits per heavy atom. The lowest BCUT2D eigenvalue weighted by molar-refractivity contribution is 0.0696. The zero-order chi connectivity index (χ0) is 14.9. The van der Waals surface area contributed by atoms with Crippen molar-refractivity contribution in [2.75, 3.05) is 20.2 Å². The number of benzene rings is 1. The average molecular weight is 299 g/mol. The maximum Gasteiger partial charge on any atom is 0.335 e. The second kappa shape index (κ2) is 5.41. The molecule has 1 aliphatic rings. The van der Waals surface area contributed by atoms with Crippen molar-refractivity contribution in [1.29, 1.82) is 0 Å². The van der Waals surface area contributed by atoms with Gasteiger partial charge in [0.05, 0.1) is 12.7 Å². The summed E-state index contributed by atoms with van der Waals surface area (Å²) in [6.45, 7) is 2.96. The SMILES string of the molecule is COc1cc(C(=O)O)ccc1S(=O)(=O)N1CCC(C)C1. The van der Waals surface area contributed by atoms with Gasteiger partial charge in [-0.15, -0.1) is 0 Å². The third kappa shape index (κ3) is 2.64. The van der Waals surface area contributed by atoms with E-state index in [0.717, 1.165) is 6.42 Å². The lowest BCUT2D eigenvalue weighted by Crippen LogP contribution is -2.29. The molecular formula is C13H17NO5S. The molecule has 1 aliphatic heterocycles. The third-order valence-electron chi connectivity index (χ3n) is 3.42. The molecule has 0 aromatic heterocycles. The van der Waals surface area contributed by atoms with Crippen LogP contribution in [0.1, 0.15) is 23.7 Å². The van der Waals surface area contributed by atoms with Gasteiger partial charge in [-0.05, 0) is 30.5 Å². The number of carbonyl (C=O) groups is 1. The van der Waals surface area contributed by atoms with Crippen LogP contribution in [-0.2, 0) is 10.0 Å². The summed E-state index contributed by atoms with van der Waals surface area (Å²) in [5, 5.41) is 8.93. The number of sulfonamides is 1. The Balaban J connectivity index is 2.44. The molecular weight excluding hydrogens is 282 g/mol. The Morgan fingerprint density at radius 1 is 1.45 bits per heavy atom. The molecule has 1 aromatic carbocycles. The van der Waals surface area contributed by atoms with Crippen molar-refractivity contribution in [1.82, 2.24) is 4.31 Å². The number of carboxylic acid groups (broad SMARTS) is 1. The van der Waals surface area contributed by atoms with Crippen molar-refractivity contribution >= 4 is 16.0 Å². The molecule has 0 aliphatic carbocycles. The van der Waals surface area contributed by atoms with Crippen molar-refractivity contribution in [2.24, 2.45) is 5.92 Å². The van der Waals surface area contributed by atoms with Crippen LogP contribution >= 0.6 is 0 Å². The normalized spacial score (nSPS) is 20.0. The number of carboxylic acids is 1. The summed E-state index contributed by atoms with van der Waals surface area (Å²) in [5.41, 5.74) is -0.00408. The molecule has 0 radical (unpaired) electrons. The van der Waals surface area contributed by atoms with Crippen LogP contribution < -0.4 is 4.74 Å². The van der Waals surface area contributed by atoms with Gasteiger partial charge in [0.25, 0.3) is 0 Å². The van der Waals surface area contributed by atoms with Gasteiger partial charge in [0.1, 0.15) is 10.6 Å². The molecule has 1 saturated heterocycles. The molecule has 1 fully saturated rings. The number of nitrogens with zero attached hydrogens (tertiary/aromatic N) is 1. The molecule has 1 unspecified atom stereocenters. The fourth-order valence-corrected chi connectivity index (χ4v) is 3.98. The molecule has 1 heterocycles. The molecule has 0 amide bonds. The first-order valence-electron chi connectivity index (χ1n) is 6.27. The van der Waals surface area contributed by atoms with E-state index in [1.165, 1.54) is 29.6 Å². The fourth-order valence-electron chi connectivity index (χ4n) is 2.27. The minimum absolute atomic E-state index is 0.00408. The Kier molecular flexibility index (Phi) is 4.01. The first-order valence-corrected chi connectivity index (χ1v) is 7.71. The van der Waals surface area contributed by atoms with Gasteiger partial charge in [0.2, 0.25) is 10.0 Å². The van der Waals surface area contributed by atoms with Crippen molar-refractivity contribution in [3.63, 3.8) is 0 Å². The summed E-state index contributed by atoms with van der Waals surface area (Å²) in [6.07, 6.45) is 0.828. The number of rotatable bonds is 4. The maximum atomic E-state index is 12.5. The average Bonchev–Trinajstić information content (AvgIpc) is 2.85. The molecule has 2 rings (SSSR count). The standard InChI is InChI=1S/C13H17NO5S/c1-9-5-6-14(8-9)20(17,18)12-4-3-10(13(15)16)7-11(12)19-2/h3-4,7,9H,5-6,8H2,1-2H3,(H,15,16). The van der Waals surface area contributed by atoms with E-state index in [4.69, 9.17) is 9.84 Å². The minimum Gasteiger partial charge on any atom is -0.495 e. The summed E-state index contributed by atoms with van der Waals surface area (Å²) in [7, 11) is -2.32. The van der Waals surface area contributed by atoms with E-state index in [9.17, 15) is 13.2 Å². The quantitative estimate of drug-likeness (QED) is 0.909. The minimum atomic E-state index is -3.64. The second-order valence-corrected chi connectivity index (χ2v) is 6.83. The van der Waals surface area contributed by atoms with Crippen molar-refractivity contribution < 1.29 is 23.1 Å². The van der Waals surface area contributed by atoms with Gasteiger partial charge >= 0.3 is 5.97 Å². The van der Waals surface area contributed by atoms with Crippen LogP contribution in [0.15, 0.2) is 23.1 Å². The first kappa shape index (κ1) is 14.8. The summed E-state index contributed by atoms with van der Waals surface area (Å²) in [5.74, 6) is -0.736. The Morgan fingerprint density at radius 3 is 2.65 bits per heavy atom. The Hall–Kier alpha value is -1.60. The predicted molar refractivity (Wildman–Crippen MR) is 72.5 cm³/mol. The van der Waals surface area contributed by atoms with E-state index in [2.05, 4.69) is 0 Å². The predicted octanol–water partition coefficient (Wildman–Crippen LogP) is 1.42. The van der Waals surface area contributed by atoms with Crippen LogP contribution in [0.4, 0.5) is 0 Å². The molecule has 6 nitrogen and oxygen atoms in total. The van der Waals surface area contributed by atoms with Gasteiger partial charge in [-0.1, -0.05) is 6.92 Å². The van der Waals surface area contributed by atoms with Gasteiger partial charge in [0.15, 0.2) is 0 Å². The molecule has 20 heavy (non-hydrogen) atoms. The van der Waals surface area contributed by atoms with E-state index < -0.39 is 16.0 Å². The fraction of sp³-hybridized carbons (Fsp3) is 0.462. The zero-order valence-corrected chi connectivity index (χ0v) is 12.2. The highest BCUT2D eigenvalue weighted by Crippen LogP contribution is 2.30. The Labute approximate surface area is 118 Å². The molecule has 1 aromatic rings. The number of aromatic carboxylic acids is 1. The Bertz CT molecular complexity index is 626. The number of hydrogen-bond donors (Lipinski definition) is 1. The highest BCUT2D eigenvalue weighted by molar-refractivity contribution is 7.89. The van der Waals surface area contributed by atoms with Crippen LogP contribution in [0, 0.1) is 5.92 Å².